The first-order chi connectivity index (χ1) is 8.82. The fraction of sp³-hybridized carbons (Fsp3) is 0.529. The smallest absolute Gasteiger partial charge is 0.0493 e. The van der Waals surface area contributed by atoms with E-state index in [1.54, 1.807) is 0 Å². The third-order valence-electron chi connectivity index (χ3n) is 3.26. The zero-order valence-corrected chi connectivity index (χ0v) is 13.5. The first-order valence-electron chi connectivity index (χ1n) is 7.02. The van der Waals surface area contributed by atoms with Gasteiger partial charge in [0.25, 0.3) is 0 Å². The lowest BCUT2D eigenvalue weighted by molar-refractivity contribution is 0.589. The van der Waals surface area contributed by atoms with Crippen LogP contribution >= 0.6 is 0 Å². The Morgan fingerprint density at radius 1 is 1.26 bits per heavy atom. The Bertz CT molecular complexity index is 451. The molecule has 0 saturated heterocycles. The fourth-order valence-corrected chi connectivity index (χ4v) is 2.40. The molecular formula is C17H28N2. The van der Waals surface area contributed by atoms with Crippen molar-refractivity contribution in [2.45, 2.75) is 39.5 Å². The van der Waals surface area contributed by atoms with E-state index in [4.69, 9.17) is 0 Å². The minimum absolute atomic E-state index is 0.140. The molecule has 0 heterocycles. The van der Waals surface area contributed by atoms with E-state index in [-0.39, 0.29) is 5.41 Å². The van der Waals surface area contributed by atoms with Gasteiger partial charge in [-0.25, -0.2) is 0 Å². The van der Waals surface area contributed by atoms with E-state index in [0.29, 0.717) is 0 Å². The van der Waals surface area contributed by atoms with Gasteiger partial charge in [0.2, 0.25) is 0 Å². The third kappa shape index (κ3) is 3.52. The van der Waals surface area contributed by atoms with Crippen LogP contribution in [0.2, 0.25) is 0 Å². The monoisotopic (exact) mass is 260 g/mol. The second kappa shape index (κ2) is 6.14. The number of hydrogen-bond acceptors (Lipinski definition) is 2. The van der Waals surface area contributed by atoms with Crippen LogP contribution in [0.1, 0.15) is 45.2 Å². The minimum Gasteiger partial charge on any atom is -0.388 e. The standard InChI is InChI=1S/C17H28N2/c1-8-10-15(18-5)13-11-9-12-14(17(2,3)4)16(13)19(6)7/h9-12,18H,8H2,1-7H3/b15-10+. The Hall–Kier alpha value is -1.44. The van der Waals surface area contributed by atoms with E-state index in [2.05, 4.69) is 76.3 Å². The lowest BCUT2D eigenvalue weighted by Crippen LogP contribution is -2.22. The molecule has 1 N–H and O–H groups in total. The molecule has 0 aliphatic rings. The Morgan fingerprint density at radius 2 is 1.89 bits per heavy atom. The summed E-state index contributed by atoms with van der Waals surface area (Å²) < 4.78 is 0. The highest BCUT2D eigenvalue weighted by molar-refractivity contribution is 5.78. The summed E-state index contributed by atoms with van der Waals surface area (Å²) >= 11 is 0. The maximum absolute atomic E-state index is 3.33. The van der Waals surface area contributed by atoms with Crippen LogP contribution in [0.3, 0.4) is 0 Å². The van der Waals surface area contributed by atoms with Crippen molar-refractivity contribution in [1.82, 2.24) is 5.32 Å². The van der Waals surface area contributed by atoms with Crippen LogP contribution in [0.5, 0.6) is 0 Å². The van der Waals surface area contributed by atoms with E-state index in [1.165, 1.54) is 22.5 Å². The number of hydrogen-bond donors (Lipinski definition) is 1. The fourth-order valence-electron chi connectivity index (χ4n) is 2.40. The van der Waals surface area contributed by atoms with Gasteiger partial charge in [-0.1, -0.05) is 52.0 Å². The lowest BCUT2D eigenvalue weighted by atomic mass is 9.83. The van der Waals surface area contributed by atoms with Crippen LogP contribution in [-0.2, 0) is 5.41 Å². The van der Waals surface area contributed by atoms with Gasteiger partial charge >= 0.3 is 0 Å². The molecule has 1 rings (SSSR count). The van der Waals surface area contributed by atoms with Gasteiger partial charge in [0.15, 0.2) is 0 Å². The summed E-state index contributed by atoms with van der Waals surface area (Å²) in [5.74, 6) is 0. The van der Waals surface area contributed by atoms with Gasteiger partial charge in [-0.15, -0.1) is 0 Å². The number of allylic oxidation sites excluding steroid dienone is 1. The highest BCUT2D eigenvalue weighted by atomic mass is 15.1. The lowest BCUT2D eigenvalue weighted by Gasteiger charge is -2.29. The summed E-state index contributed by atoms with van der Waals surface area (Å²) in [5.41, 5.74) is 5.32. The molecule has 106 valence electrons. The number of para-hydroxylation sites is 1. The minimum atomic E-state index is 0.140. The van der Waals surface area contributed by atoms with Crippen LogP contribution in [0.4, 0.5) is 5.69 Å². The SMILES string of the molecule is CC/C=C(/NC)c1cccc(C(C)(C)C)c1N(C)C. The van der Waals surface area contributed by atoms with Crippen LogP contribution in [0.15, 0.2) is 24.3 Å². The highest BCUT2D eigenvalue weighted by Gasteiger charge is 2.22. The molecule has 0 atom stereocenters. The van der Waals surface area contributed by atoms with E-state index in [1.807, 2.05) is 7.05 Å². The zero-order chi connectivity index (χ0) is 14.6. The number of nitrogens with one attached hydrogen (secondary N) is 1. The van der Waals surface area contributed by atoms with Crippen molar-refractivity contribution < 1.29 is 0 Å². The molecule has 2 heteroatoms. The summed E-state index contributed by atoms with van der Waals surface area (Å²) in [6.45, 7) is 8.96. The molecule has 0 fully saturated rings. The molecule has 0 aliphatic carbocycles. The van der Waals surface area contributed by atoms with Gasteiger partial charge in [-0.3, -0.25) is 0 Å². The van der Waals surface area contributed by atoms with Crippen LogP contribution in [0.25, 0.3) is 5.70 Å². The molecule has 0 spiro atoms. The molecule has 19 heavy (non-hydrogen) atoms. The quantitative estimate of drug-likeness (QED) is 0.879. The summed E-state index contributed by atoms with van der Waals surface area (Å²) in [5, 5.41) is 3.33. The molecule has 1 aromatic rings. The van der Waals surface area contributed by atoms with E-state index in [0.717, 1.165) is 6.42 Å². The highest BCUT2D eigenvalue weighted by Crippen LogP contribution is 2.36. The second-order valence-electron chi connectivity index (χ2n) is 6.12. The molecule has 0 aromatic heterocycles. The Labute approximate surface area is 118 Å². The van der Waals surface area contributed by atoms with Crippen molar-refractivity contribution in [2.75, 3.05) is 26.0 Å². The van der Waals surface area contributed by atoms with Crippen LogP contribution < -0.4 is 10.2 Å². The Morgan fingerprint density at radius 3 is 2.32 bits per heavy atom. The topological polar surface area (TPSA) is 15.3 Å². The number of nitrogens with zero attached hydrogens (tertiary/aromatic N) is 1. The maximum atomic E-state index is 3.33. The number of rotatable bonds is 4. The molecule has 2 nitrogen and oxygen atoms in total. The summed E-state index contributed by atoms with van der Waals surface area (Å²) in [4.78, 5) is 2.22. The summed E-state index contributed by atoms with van der Waals surface area (Å²) in [6.07, 6.45) is 3.28. The van der Waals surface area contributed by atoms with Crippen molar-refractivity contribution in [2.24, 2.45) is 0 Å². The average molecular weight is 260 g/mol. The number of benzene rings is 1. The molecule has 1 aromatic carbocycles. The van der Waals surface area contributed by atoms with E-state index < -0.39 is 0 Å². The predicted molar refractivity (Wildman–Crippen MR) is 86.8 cm³/mol. The van der Waals surface area contributed by atoms with Gasteiger partial charge in [0.05, 0.1) is 0 Å². The predicted octanol–water partition coefficient (Wildman–Crippen LogP) is 4.02. The molecule has 0 radical (unpaired) electrons. The molecular weight excluding hydrogens is 232 g/mol. The third-order valence-corrected chi connectivity index (χ3v) is 3.26. The van der Waals surface area contributed by atoms with Gasteiger partial charge < -0.3 is 10.2 Å². The molecule has 0 bridgehead atoms. The van der Waals surface area contributed by atoms with E-state index in [9.17, 15) is 0 Å². The van der Waals surface area contributed by atoms with Gasteiger partial charge in [0, 0.05) is 38.1 Å². The van der Waals surface area contributed by atoms with Crippen molar-refractivity contribution in [1.29, 1.82) is 0 Å². The van der Waals surface area contributed by atoms with Crippen LogP contribution in [0, 0.1) is 0 Å². The van der Waals surface area contributed by atoms with Gasteiger partial charge in [0.1, 0.15) is 0 Å². The van der Waals surface area contributed by atoms with Crippen molar-refractivity contribution in [3.8, 4) is 0 Å². The molecule has 0 aliphatic heterocycles. The molecule has 0 amide bonds. The van der Waals surface area contributed by atoms with Crippen molar-refractivity contribution >= 4 is 11.4 Å². The van der Waals surface area contributed by atoms with Crippen LogP contribution in [-0.4, -0.2) is 21.1 Å². The van der Waals surface area contributed by atoms with Gasteiger partial charge in [-0.05, 0) is 17.4 Å². The summed E-state index contributed by atoms with van der Waals surface area (Å²) in [6, 6.07) is 6.59. The first-order valence-corrected chi connectivity index (χ1v) is 7.02. The normalized spacial score (nSPS) is 12.5. The average Bonchev–Trinajstić information content (AvgIpc) is 2.33. The van der Waals surface area contributed by atoms with Gasteiger partial charge in [-0.2, -0.15) is 0 Å². The molecule has 0 unspecified atom stereocenters. The Kier molecular flexibility index (Phi) is 5.04. The molecule has 0 saturated carbocycles. The van der Waals surface area contributed by atoms with Crippen molar-refractivity contribution in [3.63, 3.8) is 0 Å². The summed E-state index contributed by atoms with van der Waals surface area (Å²) in [7, 11) is 6.23. The van der Waals surface area contributed by atoms with E-state index >= 15 is 0 Å². The second-order valence-corrected chi connectivity index (χ2v) is 6.12. The largest absolute Gasteiger partial charge is 0.388 e. The van der Waals surface area contributed by atoms with Crippen molar-refractivity contribution in [3.05, 3.63) is 35.4 Å². The number of anilines is 1. The zero-order valence-electron chi connectivity index (χ0n) is 13.5. The first kappa shape index (κ1) is 15.6. The maximum Gasteiger partial charge on any atom is 0.0493 e. The Balaban J connectivity index is 3.53.